The summed E-state index contributed by atoms with van der Waals surface area (Å²) in [6, 6.07) is 1.96. The first-order chi connectivity index (χ1) is 7.13. The van der Waals surface area contributed by atoms with E-state index in [4.69, 9.17) is 11.6 Å². The minimum Gasteiger partial charge on any atom is -0.315 e. The molecule has 0 N–H and O–H groups in total. The Morgan fingerprint density at radius 1 is 1.47 bits per heavy atom. The molecule has 1 aliphatic heterocycles. The molecule has 3 nitrogen and oxygen atoms in total. The molecule has 0 aliphatic carbocycles. The highest BCUT2D eigenvalue weighted by Gasteiger charge is 2.17. The molecule has 0 bridgehead atoms. The van der Waals surface area contributed by atoms with E-state index >= 15 is 0 Å². The van der Waals surface area contributed by atoms with Crippen molar-refractivity contribution in [3.8, 4) is 0 Å². The summed E-state index contributed by atoms with van der Waals surface area (Å²) in [6.45, 7) is 1.92. The van der Waals surface area contributed by atoms with Gasteiger partial charge < -0.3 is 9.47 Å². The van der Waals surface area contributed by atoms with Crippen LogP contribution in [0, 0.1) is 0 Å². The molecule has 2 rings (SSSR count). The SMILES string of the molecule is CN1CCc2c(cc(CCl)c(=O)n2C)C1. The number of alkyl halides is 1. The van der Waals surface area contributed by atoms with Gasteiger partial charge in [-0.15, -0.1) is 11.6 Å². The quantitative estimate of drug-likeness (QED) is 0.671. The minimum atomic E-state index is 0.0494. The number of aromatic nitrogens is 1. The van der Waals surface area contributed by atoms with E-state index in [0.29, 0.717) is 11.4 Å². The number of rotatable bonds is 1. The van der Waals surface area contributed by atoms with Gasteiger partial charge in [0.15, 0.2) is 0 Å². The fourth-order valence-electron chi connectivity index (χ4n) is 2.14. The van der Waals surface area contributed by atoms with Crippen LogP contribution in [0.25, 0.3) is 0 Å². The predicted octanol–water partition coefficient (Wildman–Crippen LogP) is 1.11. The lowest BCUT2D eigenvalue weighted by Crippen LogP contribution is -2.33. The minimum absolute atomic E-state index is 0.0494. The maximum Gasteiger partial charge on any atom is 0.254 e. The van der Waals surface area contributed by atoms with E-state index < -0.39 is 0 Å². The van der Waals surface area contributed by atoms with Gasteiger partial charge in [0, 0.05) is 37.8 Å². The molecule has 0 radical (unpaired) electrons. The number of halogens is 1. The fraction of sp³-hybridized carbons (Fsp3) is 0.545. The molecule has 0 amide bonds. The molecule has 1 aromatic rings. The topological polar surface area (TPSA) is 25.2 Å². The van der Waals surface area contributed by atoms with E-state index in [1.54, 1.807) is 4.57 Å². The zero-order chi connectivity index (χ0) is 11.0. The van der Waals surface area contributed by atoms with Crippen molar-refractivity contribution in [1.82, 2.24) is 9.47 Å². The summed E-state index contributed by atoms with van der Waals surface area (Å²) in [5, 5.41) is 0. The Kier molecular flexibility index (Phi) is 2.85. The van der Waals surface area contributed by atoms with Gasteiger partial charge in [0.25, 0.3) is 5.56 Å². The Bertz CT molecular complexity index is 439. The molecule has 1 aromatic heterocycles. The van der Waals surface area contributed by atoms with Crippen LogP contribution in [0.1, 0.15) is 16.8 Å². The molecule has 2 heterocycles. The summed E-state index contributed by atoms with van der Waals surface area (Å²) in [7, 11) is 3.93. The molecule has 0 saturated carbocycles. The molecule has 0 atom stereocenters. The van der Waals surface area contributed by atoms with Gasteiger partial charge >= 0.3 is 0 Å². The van der Waals surface area contributed by atoms with Gasteiger partial charge in [-0.3, -0.25) is 4.79 Å². The van der Waals surface area contributed by atoms with Gasteiger partial charge in [0.05, 0.1) is 5.88 Å². The smallest absolute Gasteiger partial charge is 0.254 e. The largest absolute Gasteiger partial charge is 0.315 e. The molecular formula is C11H15ClN2O. The second-order valence-electron chi connectivity index (χ2n) is 4.13. The average molecular weight is 227 g/mol. The maximum absolute atomic E-state index is 11.8. The lowest BCUT2D eigenvalue weighted by atomic mass is 10.0. The Balaban J connectivity index is 2.58. The Morgan fingerprint density at radius 2 is 2.20 bits per heavy atom. The van der Waals surface area contributed by atoms with E-state index in [0.717, 1.165) is 25.2 Å². The average Bonchev–Trinajstić information content (AvgIpc) is 2.23. The molecule has 15 heavy (non-hydrogen) atoms. The van der Waals surface area contributed by atoms with Crippen LogP contribution in [-0.2, 0) is 25.9 Å². The molecule has 0 aromatic carbocycles. The van der Waals surface area contributed by atoms with Crippen molar-refractivity contribution < 1.29 is 0 Å². The Labute approximate surface area is 94.3 Å². The van der Waals surface area contributed by atoms with Crippen LogP contribution in [0.2, 0.25) is 0 Å². The van der Waals surface area contributed by atoms with Gasteiger partial charge in [-0.25, -0.2) is 0 Å². The summed E-state index contributed by atoms with van der Waals surface area (Å²) in [6.07, 6.45) is 0.945. The summed E-state index contributed by atoms with van der Waals surface area (Å²) in [4.78, 5) is 14.1. The molecule has 4 heteroatoms. The fourth-order valence-corrected chi connectivity index (χ4v) is 2.33. The number of hydrogen-bond acceptors (Lipinski definition) is 2. The molecule has 82 valence electrons. The first-order valence-corrected chi connectivity index (χ1v) is 5.62. The lowest BCUT2D eigenvalue weighted by molar-refractivity contribution is 0.305. The predicted molar refractivity (Wildman–Crippen MR) is 61.3 cm³/mol. The third-order valence-electron chi connectivity index (χ3n) is 3.02. The Hall–Kier alpha value is -0.800. The summed E-state index contributed by atoms with van der Waals surface area (Å²) < 4.78 is 1.75. The van der Waals surface area contributed by atoms with E-state index in [2.05, 4.69) is 11.9 Å². The van der Waals surface area contributed by atoms with Crippen LogP contribution in [0.3, 0.4) is 0 Å². The van der Waals surface area contributed by atoms with Crippen LogP contribution < -0.4 is 5.56 Å². The number of fused-ring (bicyclic) bond motifs is 1. The van der Waals surface area contributed by atoms with Gasteiger partial charge in [-0.1, -0.05) is 0 Å². The van der Waals surface area contributed by atoms with Crippen molar-refractivity contribution in [3.05, 3.63) is 33.2 Å². The van der Waals surface area contributed by atoms with Gasteiger partial charge in [0.1, 0.15) is 0 Å². The second-order valence-corrected chi connectivity index (χ2v) is 4.39. The third kappa shape index (κ3) is 1.82. The zero-order valence-corrected chi connectivity index (χ0v) is 9.84. The van der Waals surface area contributed by atoms with Crippen LogP contribution in [0.15, 0.2) is 10.9 Å². The molecular weight excluding hydrogens is 212 g/mol. The van der Waals surface area contributed by atoms with E-state index in [1.807, 2.05) is 13.1 Å². The standard InChI is InChI=1S/C11H15ClN2O/c1-13-4-3-10-9(7-13)5-8(6-12)11(15)14(10)2/h5H,3-4,6-7H2,1-2H3. The van der Waals surface area contributed by atoms with E-state index in [-0.39, 0.29) is 5.56 Å². The van der Waals surface area contributed by atoms with Crippen LogP contribution in [0.5, 0.6) is 0 Å². The van der Waals surface area contributed by atoms with Crippen molar-refractivity contribution in [1.29, 1.82) is 0 Å². The molecule has 0 saturated heterocycles. The lowest BCUT2D eigenvalue weighted by Gasteiger charge is -2.26. The highest BCUT2D eigenvalue weighted by atomic mass is 35.5. The zero-order valence-electron chi connectivity index (χ0n) is 9.09. The van der Waals surface area contributed by atoms with Gasteiger partial charge in [0.2, 0.25) is 0 Å². The Morgan fingerprint density at radius 3 is 2.87 bits per heavy atom. The van der Waals surface area contributed by atoms with Gasteiger partial charge in [-0.2, -0.15) is 0 Å². The molecule has 0 spiro atoms. The summed E-state index contributed by atoms with van der Waals surface area (Å²) in [5.74, 6) is 0.295. The number of likely N-dealkylation sites (N-methyl/N-ethyl adjacent to an activating group) is 1. The van der Waals surface area contributed by atoms with Crippen LogP contribution >= 0.6 is 11.6 Å². The number of pyridine rings is 1. The third-order valence-corrected chi connectivity index (χ3v) is 3.31. The highest BCUT2D eigenvalue weighted by molar-refractivity contribution is 6.17. The summed E-state index contributed by atoms with van der Waals surface area (Å²) in [5.41, 5.74) is 3.15. The van der Waals surface area contributed by atoms with E-state index in [9.17, 15) is 4.79 Å². The highest BCUT2D eigenvalue weighted by Crippen LogP contribution is 2.17. The summed E-state index contributed by atoms with van der Waals surface area (Å²) >= 11 is 5.76. The molecule has 1 aliphatic rings. The first kappa shape index (κ1) is 10.7. The van der Waals surface area contributed by atoms with Crippen LogP contribution in [-0.4, -0.2) is 23.1 Å². The van der Waals surface area contributed by atoms with Crippen molar-refractivity contribution in [2.24, 2.45) is 7.05 Å². The van der Waals surface area contributed by atoms with Gasteiger partial charge in [-0.05, 0) is 18.7 Å². The van der Waals surface area contributed by atoms with Crippen molar-refractivity contribution in [3.63, 3.8) is 0 Å². The maximum atomic E-state index is 11.8. The van der Waals surface area contributed by atoms with Crippen molar-refractivity contribution in [2.45, 2.75) is 18.8 Å². The monoisotopic (exact) mass is 226 g/mol. The first-order valence-electron chi connectivity index (χ1n) is 5.08. The van der Waals surface area contributed by atoms with Crippen molar-refractivity contribution >= 4 is 11.6 Å². The number of nitrogens with zero attached hydrogens (tertiary/aromatic N) is 2. The molecule has 0 unspecified atom stereocenters. The normalized spacial score (nSPS) is 16.5. The van der Waals surface area contributed by atoms with Crippen LogP contribution in [0.4, 0.5) is 0 Å². The second kappa shape index (κ2) is 3.99. The number of hydrogen-bond donors (Lipinski definition) is 0. The van der Waals surface area contributed by atoms with E-state index in [1.165, 1.54) is 5.56 Å². The molecule has 0 fully saturated rings. The van der Waals surface area contributed by atoms with Crippen molar-refractivity contribution in [2.75, 3.05) is 13.6 Å².